The van der Waals surface area contributed by atoms with Crippen LogP contribution in [-0.2, 0) is 19.6 Å². The maximum absolute atomic E-state index is 12.6. The normalized spacial score (nSPS) is 21.0. The van der Waals surface area contributed by atoms with Crippen molar-refractivity contribution in [3.8, 4) is 0 Å². The summed E-state index contributed by atoms with van der Waals surface area (Å²) in [5.41, 5.74) is 0.588. The third-order valence-corrected chi connectivity index (χ3v) is 7.20. The topological polar surface area (TPSA) is 113 Å². The van der Waals surface area contributed by atoms with Gasteiger partial charge in [-0.1, -0.05) is 0 Å². The summed E-state index contributed by atoms with van der Waals surface area (Å²) in [5.74, 6) is -1.16. The number of carboxylic acid groups (broad SMARTS) is 1. The minimum absolute atomic E-state index is 0.0340. The smallest absolute Gasteiger partial charge is 0.311 e. The molecule has 0 aliphatic carbocycles. The predicted octanol–water partition coefficient (Wildman–Crippen LogP) is 1.15. The Morgan fingerprint density at radius 2 is 2.00 bits per heavy atom. The Kier molecular flexibility index (Phi) is 5.43. The Balaban J connectivity index is 1.72. The number of ether oxygens (including phenoxy) is 1. The van der Waals surface area contributed by atoms with Gasteiger partial charge in [0, 0.05) is 31.9 Å². The first kappa shape index (κ1) is 19.6. The molecule has 0 aromatic heterocycles. The zero-order valence-corrected chi connectivity index (χ0v) is 16.0. The Labute approximate surface area is 158 Å². The van der Waals surface area contributed by atoms with Gasteiger partial charge in [-0.2, -0.15) is 0 Å². The van der Waals surface area contributed by atoms with Crippen LogP contribution in [0.3, 0.4) is 0 Å². The van der Waals surface area contributed by atoms with Gasteiger partial charge in [0.25, 0.3) is 5.91 Å². The van der Waals surface area contributed by atoms with E-state index in [4.69, 9.17) is 4.74 Å². The Hall–Kier alpha value is -2.13. The van der Waals surface area contributed by atoms with E-state index in [1.807, 2.05) is 0 Å². The van der Waals surface area contributed by atoms with Crippen molar-refractivity contribution in [2.24, 2.45) is 5.41 Å². The number of hydrogen-bond acceptors (Lipinski definition) is 5. The van der Waals surface area contributed by atoms with E-state index in [9.17, 15) is 23.1 Å². The second-order valence-electron chi connectivity index (χ2n) is 7.12. The highest BCUT2D eigenvalue weighted by Crippen LogP contribution is 2.30. The number of amides is 1. The average molecular weight is 396 g/mol. The maximum Gasteiger partial charge on any atom is 0.311 e. The molecule has 148 valence electrons. The fourth-order valence-electron chi connectivity index (χ4n) is 3.56. The zero-order chi connectivity index (χ0) is 19.7. The monoisotopic (exact) mass is 396 g/mol. The molecule has 1 aromatic carbocycles. The fraction of sp³-hybridized carbons (Fsp3) is 0.556. The van der Waals surface area contributed by atoms with Crippen LogP contribution in [0.2, 0.25) is 0 Å². The first-order valence-electron chi connectivity index (χ1n) is 8.96. The number of carboxylic acids is 1. The molecule has 1 aromatic rings. The van der Waals surface area contributed by atoms with E-state index >= 15 is 0 Å². The van der Waals surface area contributed by atoms with Gasteiger partial charge in [0.1, 0.15) is 0 Å². The highest BCUT2D eigenvalue weighted by molar-refractivity contribution is 7.93. The van der Waals surface area contributed by atoms with Gasteiger partial charge in [-0.25, -0.2) is 8.42 Å². The quantitative estimate of drug-likeness (QED) is 0.772. The number of hydrogen-bond donors (Lipinski definition) is 2. The maximum atomic E-state index is 12.6. The lowest BCUT2D eigenvalue weighted by molar-refractivity contribution is -0.154. The van der Waals surface area contributed by atoms with Crippen LogP contribution in [0.15, 0.2) is 18.2 Å². The predicted molar refractivity (Wildman–Crippen MR) is 99.4 cm³/mol. The lowest BCUT2D eigenvalue weighted by Gasteiger charge is -2.33. The van der Waals surface area contributed by atoms with E-state index in [1.165, 1.54) is 4.31 Å². The standard InChI is InChI=1S/C18H24N2O6S/c1-13-11-14(20-7-2-10-27(20,24)25)3-4-15(13)16(21)19-12-18(17(22)23)5-8-26-9-6-18/h3-4,11H,2,5-10,12H2,1H3,(H,19,21)(H,22,23). The van der Waals surface area contributed by atoms with Crippen molar-refractivity contribution in [2.75, 3.05) is 36.4 Å². The molecule has 2 N–H and O–H groups in total. The third-order valence-electron chi connectivity index (χ3n) is 5.33. The summed E-state index contributed by atoms with van der Waals surface area (Å²) in [6, 6.07) is 4.89. The zero-order valence-electron chi connectivity index (χ0n) is 15.2. The molecule has 0 atom stereocenters. The van der Waals surface area contributed by atoms with Crippen LogP contribution in [0, 0.1) is 12.3 Å². The second kappa shape index (κ2) is 7.47. The number of carbonyl (C=O) groups is 2. The SMILES string of the molecule is Cc1cc(N2CCCS2(=O)=O)ccc1C(=O)NCC1(C(=O)O)CCOCC1. The molecular weight excluding hydrogens is 372 g/mol. The number of anilines is 1. The van der Waals surface area contributed by atoms with Crippen LogP contribution in [-0.4, -0.2) is 57.5 Å². The molecule has 2 fully saturated rings. The number of carbonyl (C=O) groups excluding carboxylic acids is 1. The molecule has 3 rings (SSSR count). The Morgan fingerprint density at radius 3 is 2.56 bits per heavy atom. The van der Waals surface area contributed by atoms with E-state index < -0.39 is 21.4 Å². The summed E-state index contributed by atoms with van der Waals surface area (Å²) < 4.78 is 30.7. The number of rotatable bonds is 5. The number of benzene rings is 1. The lowest BCUT2D eigenvalue weighted by atomic mass is 9.80. The number of nitrogens with one attached hydrogen (secondary N) is 1. The summed E-state index contributed by atoms with van der Waals surface area (Å²) in [6.45, 7) is 2.94. The van der Waals surface area contributed by atoms with Crippen LogP contribution in [0.25, 0.3) is 0 Å². The van der Waals surface area contributed by atoms with Crippen molar-refractivity contribution in [2.45, 2.75) is 26.2 Å². The van der Waals surface area contributed by atoms with Crippen LogP contribution in [0.4, 0.5) is 5.69 Å². The highest BCUT2D eigenvalue weighted by atomic mass is 32.2. The van der Waals surface area contributed by atoms with Gasteiger partial charge in [-0.15, -0.1) is 0 Å². The van der Waals surface area contributed by atoms with Gasteiger partial charge < -0.3 is 15.2 Å². The summed E-state index contributed by atoms with van der Waals surface area (Å²) in [4.78, 5) is 24.2. The van der Waals surface area contributed by atoms with E-state index in [1.54, 1.807) is 25.1 Å². The van der Waals surface area contributed by atoms with Crippen molar-refractivity contribution < 1.29 is 27.9 Å². The van der Waals surface area contributed by atoms with Crippen LogP contribution < -0.4 is 9.62 Å². The minimum Gasteiger partial charge on any atom is -0.481 e. The largest absolute Gasteiger partial charge is 0.481 e. The first-order valence-corrected chi connectivity index (χ1v) is 10.6. The van der Waals surface area contributed by atoms with E-state index in [0.29, 0.717) is 55.8 Å². The summed E-state index contributed by atoms with van der Waals surface area (Å²) in [6.07, 6.45) is 1.30. The number of nitrogens with zero attached hydrogens (tertiary/aromatic N) is 1. The van der Waals surface area contributed by atoms with Gasteiger partial charge >= 0.3 is 5.97 Å². The molecule has 0 unspecified atom stereocenters. The number of aryl methyl sites for hydroxylation is 1. The van der Waals surface area contributed by atoms with Crippen molar-refractivity contribution >= 4 is 27.6 Å². The Morgan fingerprint density at radius 1 is 1.30 bits per heavy atom. The second-order valence-corrected chi connectivity index (χ2v) is 9.13. The van der Waals surface area contributed by atoms with Crippen molar-refractivity contribution in [1.29, 1.82) is 0 Å². The summed E-state index contributed by atoms with van der Waals surface area (Å²) in [7, 11) is -3.28. The molecule has 2 aliphatic heterocycles. The third kappa shape index (κ3) is 3.93. The molecule has 0 saturated carbocycles. The molecule has 27 heavy (non-hydrogen) atoms. The minimum atomic E-state index is -3.28. The molecule has 0 bridgehead atoms. The van der Waals surface area contributed by atoms with Crippen LogP contribution >= 0.6 is 0 Å². The van der Waals surface area contributed by atoms with Crippen molar-refractivity contribution in [3.63, 3.8) is 0 Å². The van der Waals surface area contributed by atoms with Crippen molar-refractivity contribution in [3.05, 3.63) is 29.3 Å². The molecule has 0 spiro atoms. The summed E-state index contributed by atoms with van der Waals surface area (Å²) >= 11 is 0. The molecule has 2 saturated heterocycles. The van der Waals surface area contributed by atoms with Crippen molar-refractivity contribution in [1.82, 2.24) is 5.32 Å². The average Bonchev–Trinajstić information content (AvgIpc) is 2.99. The molecule has 2 heterocycles. The molecule has 2 aliphatic rings. The van der Waals surface area contributed by atoms with Gasteiger partial charge in [0.15, 0.2) is 0 Å². The molecule has 0 radical (unpaired) electrons. The van der Waals surface area contributed by atoms with Crippen LogP contribution in [0.1, 0.15) is 35.2 Å². The van der Waals surface area contributed by atoms with E-state index in [-0.39, 0.29) is 18.2 Å². The molecule has 1 amide bonds. The van der Waals surface area contributed by atoms with E-state index in [2.05, 4.69) is 5.32 Å². The van der Waals surface area contributed by atoms with Gasteiger partial charge in [0.05, 0.1) is 16.9 Å². The van der Waals surface area contributed by atoms with E-state index in [0.717, 1.165) is 0 Å². The summed E-state index contributed by atoms with van der Waals surface area (Å²) in [5, 5.41) is 12.3. The Bertz CT molecular complexity index is 845. The molecule has 9 heteroatoms. The van der Waals surface area contributed by atoms with Crippen LogP contribution in [0.5, 0.6) is 0 Å². The first-order chi connectivity index (χ1) is 12.8. The lowest BCUT2D eigenvalue weighted by Crippen LogP contribution is -2.46. The molecular formula is C18H24N2O6S. The molecule has 8 nitrogen and oxygen atoms in total. The van der Waals surface area contributed by atoms with Gasteiger partial charge in [-0.3, -0.25) is 13.9 Å². The highest BCUT2D eigenvalue weighted by Gasteiger charge is 2.40. The van der Waals surface area contributed by atoms with Gasteiger partial charge in [-0.05, 0) is 49.9 Å². The van der Waals surface area contributed by atoms with Gasteiger partial charge in [0.2, 0.25) is 10.0 Å². The number of aliphatic carboxylic acids is 1. The number of sulfonamides is 1. The fourth-order valence-corrected chi connectivity index (χ4v) is 5.12.